The number of nitrogens with one attached hydrogen (secondary N) is 2. The molecule has 2 heterocycles. The van der Waals surface area contributed by atoms with Crippen LogP contribution in [0.15, 0.2) is 53.9 Å². The molecule has 9 heteroatoms. The maximum atomic E-state index is 13.0. The molecule has 178 valence electrons. The van der Waals surface area contributed by atoms with Crippen LogP contribution in [-0.2, 0) is 16.8 Å². The molecule has 0 unspecified atom stereocenters. The molecule has 35 heavy (non-hydrogen) atoms. The molecule has 2 aromatic carbocycles. The van der Waals surface area contributed by atoms with Crippen LogP contribution in [0.5, 0.6) is 0 Å². The van der Waals surface area contributed by atoms with Crippen LogP contribution < -0.4 is 16.4 Å². The highest BCUT2D eigenvalue weighted by Gasteiger charge is 2.45. The average Bonchev–Trinajstić information content (AvgIpc) is 3.32. The summed E-state index contributed by atoms with van der Waals surface area (Å²) >= 11 is 2.95. The van der Waals surface area contributed by atoms with E-state index in [-0.39, 0.29) is 23.8 Å². The highest BCUT2D eigenvalue weighted by Crippen LogP contribution is 2.45. The topological polar surface area (TPSA) is 110 Å². The number of carbonyl (C=O) groups is 2. The lowest BCUT2D eigenvalue weighted by Crippen LogP contribution is -2.35. The number of nitrogen functional groups attached to an aromatic ring is 1. The number of rotatable bonds is 7. The summed E-state index contributed by atoms with van der Waals surface area (Å²) < 4.78 is 0. The fourth-order valence-corrected chi connectivity index (χ4v) is 5.84. The second-order valence-electron chi connectivity index (χ2n) is 8.78. The minimum absolute atomic E-state index is 0.0861. The molecule has 0 saturated heterocycles. The Balaban J connectivity index is 1.26. The molecule has 0 bridgehead atoms. The molecule has 1 aliphatic rings. The molecule has 4 N–H and O–H groups in total. The van der Waals surface area contributed by atoms with Crippen LogP contribution in [0.2, 0.25) is 0 Å². The molecule has 1 aliphatic carbocycles. The second-order valence-corrected chi connectivity index (χ2v) is 10.8. The Morgan fingerprint density at radius 2 is 1.86 bits per heavy atom. The van der Waals surface area contributed by atoms with Crippen molar-refractivity contribution in [3.63, 3.8) is 0 Å². The van der Waals surface area contributed by atoms with E-state index in [1.165, 1.54) is 11.3 Å². The molecule has 2 aromatic heterocycles. The van der Waals surface area contributed by atoms with Crippen molar-refractivity contribution in [1.82, 2.24) is 15.3 Å². The number of carbonyl (C=O) groups excluding carboxylic acids is 2. The lowest BCUT2D eigenvalue weighted by atomic mass is 10.0. The van der Waals surface area contributed by atoms with Gasteiger partial charge in [0.15, 0.2) is 5.13 Å². The number of amides is 2. The number of aryl methyl sites for hydroxylation is 2. The van der Waals surface area contributed by atoms with Crippen molar-refractivity contribution in [2.24, 2.45) is 0 Å². The van der Waals surface area contributed by atoms with E-state index >= 15 is 0 Å². The predicted octanol–water partition coefficient (Wildman–Crippen LogP) is 5.07. The molecule has 0 spiro atoms. The number of nitrogens with two attached hydrogens (primary N) is 1. The Labute approximate surface area is 211 Å². The van der Waals surface area contributed by atoms with Gasteiger partial charge in [0.2, 0.25) is 5.91 Å². The van der Waals surface area contributed by atoms with E-state index in [1.807, 2.05) is 49.6 Å². The van der Waals surface area contributed by atoms with Crippen molar-refractivity contribution in [1.29, 1.82) is 0 Å². The van der Waals surface area contributed by atoms with Gasteiger partial charge in [0.25, 0.3) is 5.91 Å². The third-order valence-corrected chi connectivity index (χ3v) is 7.81. The number of benzene rings is 2. The van der Waals surface area contributed by atoms with E-state index in [2.05, 4.69) is 20.6 Å². The lowest BCUT2D eigenvalue weighted by Gasteiger charge is -2.18. The third kappa shape index (κ3) is 5.11. The van der Waals surface area contributed by atoms with Gasteiger partial charge < -0.3 is 16.4 Å². The predicted molar refractivity (Wildman–Crippen MR) is 141 cm³/mol. The fraction of sp³-hybridized carbons (Fsp3) is 0.231. The summed E-state index contributed by atoms with van der Waals surface area (Å²) in [4.78, 5) is 35.8. The summed E-state index contributed by atoms with van der Waals surface area (Å²) in [6, 6.07) is 15.1. The fourth-order valence-electron chi connectivity index (χ4n) is 4.16. The maximum absolute atomic E-state index is 13.0. The summed E-state index contributed by atoms with van der Waals surface area (Å²) in [5.41, 5.74) is 10.2. The van der Waals surface area contributed by atoms with Gasteiger partial charge in [0, 0.05) is 16.6 Å². The van der Waals surface area contributed by atoms with Gasteiger partial charge >= 0.3 is 0 Å². The zero-order valence-electron chi connectivity index (χ0n) is 19.4. The van der Waals surface area contributed by atoms with Crippen LogP contribution in [0.3, 0.4) is 0 Å². The molecule has 1 saturated carbocycles. The van der Waals surface area contributed by atoms with Crippen LogP contribution in [-0.4, -0.2) is 21.8 Å². The Morgan fingerprint density at radius 1 is 1.09 bits per heavy atom. The largest absolute Gasteiger partial charge is 0.399 e. The van der Waals surface area contributed by atoms with Crippen molar-refractivity contribution in [3.8, 4) is 10.6 Å². The van der Waals surface area contributed by atoms with E-state index < -0.39 is 0 Å². The first kappa shape index (κ1) is 23.2. The van der Waals surface area contributed by atoms with Crippen molar-refractivity contribution in [2.45, 2.75) is 38.6 Å². The SMILES string of the molecule is Cc1nc(C)c(-c2csc(NC(=O)Cc3cc(N)cc(C(=O)NC4(c5ccccc5)CC4)c3)n2)s1. The van der Waals surface area contributed by atoms with E-state index in [0.717, 1.165) is 39.7 Å². The number of hydrogen-bond donors (Lipinski definition) is 3. The van der Waals surface area contributed by atoms with Gasteiger partial charge in [-0.3, -0.25) is 9.59 Å². The molecule has 1 fully saturated rings. The standard InChI is InChI=1S/C26H25N5O2S2/c1-15-23(35-16(2)28-15)21-14-34-25(29-21)30-22(32)12-17-10-18(13-20(27)11-17)24(33)31-26(8-9-26)19-6-4-3-5-7-19/h3-7,10-11,13-14H,8-9,12,27H2,1-2H3,(H,31,33)(H,29,30,32). The Hall–Kier alpha value is -3.56. The van der Waals surface area contributed by atoms with Gasteiger partial charge in [-0.25, -0.2) is 9.97 Å². The zero-order chi connectivity index (χ0) is 24.6. The van der Waals surface area contributed by atoms with Crippen LogP contribution in [0, 0.1) is 13.8 Å². The normalized spacial score (nSPS) is 13.9. The smallest absolute Gasteiger partial charge is 0.252 e. The summed E-state index contributed by atoms with van der Waals surface area (Å²) in [5.74, 6) is -0.414. The zero-order valence-corrected chi connectivity index (χ0v) is 21.1. The minimum Gasteiger partial charge on any atom is -0.399 e. The van der Waals surface area contributed by atoms with Gasteiger partial charge in [0.05, 0.1) is 33.2 Å². The molecule has 7 nitrogen and oxygen atoms in total. The number of thiazole rings is 2. The Bertz CT molecular complexity index is 1410. The van der Waals surface area contributed by atoms with Gasteiger partial charge in [-0.15, -0.1) is 22.7 Å². The molecule has 0 aliphatic heterocycles. The summed E-state index contributed by atoms with van der Waals surface area (Å²) in [6.45, 7) is 3.91. The van der Waals surface area contributed by atoms with E-state index in [0.29, 0.717) is 21.9 Å². The van der Waals surface area contributed by atoms with Crippen molar-refractivity contribution in [2.75, 3.05) is 11.1 Å². The van der Waals surface area contributed by atoms with E-state index in [9.17, 15) is 9.59 Å². The van der Waals surface area contributed by atoms with Gasteiger partial charge in [0.1, 0.15) is 0 Å². The quantitative estimate of drug-likeness (QED) is 0.305. The average molecular weight is 504 g/mol. The molecule has 2 amide bonds. The first-order valence-corrected chi connectivity index (χ1v) is 13.0. The highest BCUT2D eigenvalue weighted by molar-refractivity contribution is 7.16. The van der Waals surface area contributed by atoms with Crippen LogP contribution in [0.4, 0.5) is 10.8 Å². The summed E-state index contributed by atoms with van der Waals surface area (Å²) in [6.07, 6.45) is 1.89. The van der Waals surface area contributed by atoms with Crippen LogP contribution in [0.1, 0.15) is 45.0 Å². The molecule has 4 aromatic rings. The Kier molecular flexibility index (Phi) is 6.12. The Morgan fingerprint density at radius 3 is 2.54 bits per heavy atom. The second kappa shape index (κ2) is 9.24. The molecule has 0 atom stereocenters. The highest BCUT2D eigenvalue weighted by atomic mass is 32.1. The number of aromatic nitrogens is 2. The first-order valence-electron chi connectivity index (χ1n) is 11.3. The van der Waals surface area contributed by atoms with Crippen LogP contribution in [0.25, 0.3) is 10.6 Å². The van der Waals surface area contributed by atoms with Gasteiger partial charge in [-0.05, 0) is 56.0 Å². The molecule has 0 radical (unpaired) electrons. The number of anilines is 2. The van der Waals surface area contributed by atoms with Crippen molar-refractivity contribution >= 4 is 45.3 Å². The van der Waals surface area contributed by atoms with Crippen molar-refractivity contribution < 1.29 is 9.59 Å². The number of nitrogens with zero attached hydrogens (tertiary/aromatic N) is 2. The maximum Gasteiger partial charge on any atom is 0.252 e. The van der Waals surface area contributed by atoms with Crippen molar-refractivity contribution in [3.05, 3.63) is 81.3 Å². The molecular weight excluding hydrogens is 478 g/mol. The van der Waals surface area contributed by atoms with E-state index in [1.54, 1.807) is 29.5 Å². The minimum atomic E-state index is -0.321. The monoisotopic (exact) mass is 503 g/mol. The lowest BCUT2D eigenvalue weighted by molar-refractivity contribution is -0.115. The molecule has 5 rings (SSSR count). The summed E-state index contributed by atoms with van der Waals surface area (Å²) in [5, 5.41) is 9.44. The van der Waals surface area contributed by atoms with Gasteiger partial charge in [-0.2, -0.15) is 0 Å². The van der Waals surface area contributed by atoms with Crippen LogP contribution >= 0.6 is 22.7 Å². The van der Waals surface area contributed by atoms with Gasteiger partial charge in [-0.1, -0.05) is 30.3 Å². The summed E-state index contributed by atoms with van der Waals surface area (Å²) in [7, 11) is 0. The third-order valence-electron chi connectivity index (χ3n) is 5.96. The number of hydrogen-bond acceptors (Lipinski definition) is 7. The first-order chi connectivity index (χ1) is 16.8. The molecular formula is C26H25N5O2S2. The van der Waals surface area contributed by atoms with E-state index in [4.69, 9.17) is 5.73 Å².